The Kier molecular flexibility index (Phi) is 6.66. The number of para-hydroxylation sites is 1. The predicted octanol–water partition coefficient (Wildman–Crippen LogP) is 5.82. The number of rotatable bonds is 5. The molecule has 0 aliphatic carbocycles. The minimum Gasteiger partial charge on any atom is -0.497 e. The summed E-state index contributed by atoms with van der Waals surface area (Å²) >= 11 is 12.6. The lowest BCUT2D eigenvalue weighted by molar-refractivity contribution is 0.0737. The molecule has 0 N–H and O–H groups in total. The Morgan fingerprint density at radius 3 is 2.31 bits per heavy atom. The van der Waals surface area contributed by atoms with E-state index < -0.39 is 0 Å². The van der Waals surface area contributed by atoms with E-state index in [1.54, 1.807) is 23.9 Å². The van der Waals surface area contributed by atoms with Gasteiger partial charge in [-0.05, 0) is 60.7 Å². The van der Waals surface area contributed by atoms with Gasteiger partial charge in [0.1, 0.15) is 11.4 Å². The summed E-state index contributed by atoms with van der Waals surface area (Å²) in [7, 11) is 1.63. The number of carbonyl (C=O) groups is 1. The summed E-state index contributed by atoms with van der Waals surface area (Å²) in [6.07, 6.45) is 0. The molecule has 4 aromatic rings. The molecule has 2 heterocycles. The van der Waals surface area contributed by atoms with Gasteiger partial charge in [0.05, 0.1) is 29.2 Å². The average Bonchev–Trinajstić information content (AvgIpc) is 3.34. The van der Waals surface area contributed by atoms with Gasteiger partial charge < -0.3 is 14.5 Å². The summed E-state index contributed by atoms with van der Waals surface area (Å²) in [6, 6.07) is 24.6. The summed E-state index contributed by atoms with van der Waals surface area (Å²) in [5.41, 5.74) is 3.81. The third kappa shape index (κ3) is 4.85. The number of methoxy groups -OCH3 is 1. The van der Waals surface area contributed by atoms with Gasteiger partial charge in [-0.15, -0.1) is 0 Å². The second-order valence-electron chi connectivity index (χ2n) is 8.27. The molecule has 1 saturated heterocycles. The van der Waals surface area contributed by atoms with Crippen LogP contribution in [0.15, 0.2) is 78.9 Å². The number of nitrogens with zero attached hydrogens (tertiary/aromatic N) is 4. The van der Waals surface area contributed by atoms with Crippen LogP contribution in [0.4, 0.5) is 5.69 Å². The quantitative estimate of drug-likeness (QED) is 0.342. The average molecular weight is 507 g/mol. The summed E-state index contributed by atoms with van der Waals surface area (Å²) in [5.74, 6) is 0.687. The molecule has 1 aliphatic rings. The van der Waals surface area contributed by atoms with Gasteiger partial charge in [-0.1, -0.05) is 41.4 Å². The Hall–Kier alpha value is -3.48. The first-order valence-electron chi connectivity index (χ1n) is 11.3. The Bertz CT molecular complexity index is 1350. The number of piperazine rings is 1. The van der Waals surface area contributed by atoms with E-state index in [2.05, 4.69) is 4.90 Å². The molecule has 0 unspecified atom stereocenters. The maximum Gasteiger partial charge on any atom is 0.272 e. The van der Waals surface area contributed by atoms with Crippen LogP contribution in [0.25, 0.3) is 16.9 Å². The van der Waals surface area contributed by atoms with E-state index in [4.69, 9.17) is 33.0 Å². The number of ether oxygens (including phenoxy) is 1. The van der Waals surface area contributed by atoms with Crippen LogP contribution in [-0.4, -0.2) is 53.9 Å². The van der Waals surface area contributed by atoms with Crippen molar-refractivity contribution < 1.29 is 9.53 Å². The third-order valence-electron chi connectivity index (χ3n) is 6.13. The number of aromatic nitrogens is 2. The first kappa shape index (κ1) is 23.3. The maximum absolute atomic E-state index is 13.7. The van der Waals surface area contributed by atoms with Crippen LogP contribution < -0.4 is 9.64 Å². The van der Waals surface area contributed by atoms with Crippen LogP contribution in [0.5, 0.6) is 5.75 Å². The number of hydrogen-bond acceptors (Lipinski definition) is 4. The first-order valence-corrected chi connectivity index (χ1v) is 12.1. The molecule has 35 heavy (non-hydrogen) atoms. The number of benzene rings is 3. The predicted molar refractivity (Wildman–Crippen MR) is 140 cm³/mol. The highest BCUT2D eigenvalue weighted by Gasteiger charge is 2.27. The lowest BCUT2D eigenvalue weighted by Crippen LogP contribution is -2.49. The molecule has 1 fully saturated rings. The highest BCUT2D eigenvalue weighted by Crippen LogP contribution is 2.28. The number of amides is 1. The summed E-state index contributed by atoms with van der Waals surface area (Å²) < 4.78 is 6.94. The van der Waals surface area contributed by atoms with E-state index in [0.29, 0.717) is 42.6 Å². The number of halogens is 2. The molecule has 0 spiro atoms. The molecule has 0 atom stereocenters. The van der Waals surface area contributed by atoms with E-state index in [9.17, 15) is 4.79 Å². The molecule has 8 heteroatoms. The fraction of sp³-hybridized carbons (Fsp3) is 0.185. The fourth-order valence-electron chi connectivity index (χ4n) is 4.26. The smallest absolute Gasteiger partial charge is 0.272 e. The number of carbonyl (C=O) groups excluding carboxylic acids is 1. The van der Waals surface area contributed by atoms with Crippen molar-refractivity contribution in [1.29, 1.82) is 0 Å². The van der Waals surface area contributed by atoms with Crippen molar-refractivity contribution in [1.82, 2.24) is 14.7 Å². The van der Waals surface area contributed by atoms with E-state index >= 15 is 0 Å². The zero-order valence-corrected chi connectivity index (χ0v) is 20.7. The van der Waals surface area contributed by atoms with Crippen LogP contribution in [0.2, 0.25) is 10.0 Å². The Morgan fingerprint density at radius 2 is 1.63 bits per heavy atom. The molecule has 0 bridgehead atoms. The SMILES string of the molecule is COc1ccc(-c2cc(C(=O)N3CCN(c4ccccc4Cl)CC3)n(-c3cccc(Cl)c3)n2)cc1. The van der Waals surface area contributed by atoms with Crippen LogP contribution >= 0.6 is 23.2 Å². The summed E-state index contributed by atoms with van der Waals surface area (Å²) in [6.45, 7) is 2.57. The summed E-state index contributed by atoms with van der Waals surface area (Å²) in [5, 5.41) is 6.08. The lowest BCUT2D eigenvalue weighted by Gasteiger charge is -2.36. The number of anilines is 1. The van der Waals surface area contributed by atoms with Gasteiger partial charge in [-0.25, -0.2) is 4.68 Å². The number of hydrogen-bond donors (Lipinski definition) is 0. The minimum absolute atomic E-state index is 0.0731. The van der Waals surface area contributed by atoms with Gasteiger partial charge in [0.2, 0.25) is 0 Å². The van der Waals surface area contributed by atoms with E-state index in [1.807, 2.05) is 71.6 Å². The molecule has 0 radical (unpaired) electrons. The molecule has 3 aromatic carbocycles. The van der Waals surface area contributed by atoms with Crippen molar-refractivity contribution in [3.8, 4) is 22.7 Å². The fourth-order valence-corrected chi connectivity index (χ4v) is 4.70. The van der Waals surface area contributed by atoms with Gasteiger partial charge in [-0.3, -0.25) is 4.79 Å². The molecular formula is C27H24Cl2N4O2. The molecule has 0 saturated carbocycles. The van der Waals surface area contributed by atoms with E-state index in [1.165, 1.54) is 0 Å². The maximum atomic E-state index is 13.7. The van der Waals surface area contributed by atoms with Crippen LogP contribution in [-0.2, 0) is 0 Å². The minimum atomic E-state index is -0.0731. The van der Waals surface area contributed by atoms with Crippen molar-refractivity contribution in [2.45, 2.75) is 0 Å². The topological polar surface area (TPSA) is 50.6 Å². The van der Waals surface area contributed by atoms with Crippen molar-refractivity contribution in [3.05, 3.63) is 94.6 Å². The van der Waals surface area contributed by atoms with Gasteiger partial charge >= 0.3 is 0 Å². The third-order valence-corrected chi connectivity index (χ3v) is 6.68. The Balaban J connectivity index is 1.44. The second kappa shape index (κ2) is 10.0. The molecule has 178 valence electrons. The van der Waals surface area contributed by atoms with Gasteiger partial charge in [0, 0.05) is 36.8 Å². The Morgan fingerprint density at radius 1 is 0.886 bits per heavy atom. The van der Waals surface area contributed by atoms with Crippen molar-refractivity contribution in [2.24, 2.45) is 0 Å². The Labute approximate surface area is 214 Å². The second-order valence-corrected chi connectivity index (χ2v) is 9.11. The van der Waals surface area contributed by atoms with Crippen LogP contribution in [0, 0.1) is 0 Å². The normalized spacial score (nSPS) is 13.7. The summed E-state index contributed by atoms with van der Waals surface area (Å²) in [4.78, 5) is 17.8. The van der Waals surface area contributed by atoms with Gasteiger partial charge in [0.25, 0.3) is 5.91 Å². The van der Waals surface area contributed by atoms with Crippen molar-refractivity contribution >= 4 is 34.8 Å². The van der Waals surface area contributed by atoms with Gasteiger partial charge in [-0.2, -0.15) is 5.10 Å². The van der Waals surface area contributed by atoms with Crippen molar-refractivity contribution in [2.75, 3.05) is 38.2 Å². The molecule has 5 rings (SSSR count). The van der Waals surface area contributed by atoms with E-state index in [-0.39, 0.29) is 5.91 Å². The highest BCUT2D eigenvalue weighted by molar-refractivity contribution is 6.33. The largest absolute Gasteiger partial charge is 0.497 e. The zero-order chi connectivity index (χ0) is 24.4. The van der Waals surface area contributed by atoms with Gasteiger partial charge in [0.15, 0.2) is 0 Å². The van der Waals surface area contributed by atoms with E-state index in [0.717, 1.165) is 27.7 Å². The molecular weight excluding hydrogens is 483 g/mol. The molecule has 1 amide bonds. The van der Waals surface area contributed by atoms with Crippen LogP contribution in [0.3, 0.4) is 0 Å². The molecule has 1 aromatic heterocycles. The molecule has 6 nitrogen and oxygen atoms in total. The zero-order valence-electron chi connectivity index (χ0n) is 19.2. The monoisotopic (exact) mass is 506 g/mol. The lowest BCUT2D eigenvalue weighted by atomic mass is 10.1. The first-order chi connectivity index (χ1) is 17.0. The van der Waals surface area contributed by atoms with Crippen LogP contribution in [0.1, 0.15) is 10.5 Å². The van der Waals surface area contributed by atoms with Crippen molar-refractivity contribution in [3.63, 3.8) is 0 Å². The molecule has 1 aliphatic heterocycles. The standard InChI is InChI=1S/C27H24Cl2N4O2/c1-35-22-11-9-19(10-12-22)24-18-26(33(30-24)21-6-4-5-20(28)17-21)27(34)32-15-13-31(14-16-32)25-8-3-2-7-23(25)29/h2-12,17-18H,13-16H2,1H3. The highest BCUT2D eigenvalue weighted by atomic mass is 35.5.